The monoisotopic (exact) mass is 454 g/mol. The molecule has 0 amide bonds. The molecule has 1 atom stereocenters. The number of carbonyl (C=O) groups is 1. The van der Waals surface area contributed by atoms with Crippen LogP contribution in [0.1, 0.15) is 19.3 Å². The zero-order valence-electron chi connectivity index (χ0n) is 15.3. The first-order valence-electron chi connectivity index (χ1n) is 8.98. The minimum absolute atomic E-state index is 0.0729. The predicted molar refractivity (Wildman–Crippen MR) is 99.0 cm³/mol. The first kappa shape index (κ1) is 22.3. The third-order valence-corrected chi connectivity index (χ3v) is 8.23. The summed E-state index contributed by atoms with van der Waals surface area (Å²) < 4.78 is 64.4. The Morgan fingerprint density at radius 1 is 1.38 bits per heavy atom. The molecular weight excluding hydrogens is 433 g/mol. The van der Waals surface area contributed by atoms with Crippen LogP contribution in [0, 0.1) is 5.92 Å². The van der Waals surface area contributed by atoms with Crippen molar-refractivity contribution in [3.05, 3.63) is 24.5 Å². The molecule has 4 rings (SSSR count). The lowest BCUT2D eigenvalue weighted by Gasteiger charge is -2.46. The number of aromatic nitrogens is 1. The number of ether oxygens (including phenoxy) is 1. The second-order valence-corrected chi connectivity index (χ2v) is 10.8. The second kappa shape index (κ2) is 8.40. The van der Waals surface area contributed by atoms with E-state index in [2.05, 4.69) is 4.98 Å². The summed E-state index contributed by atoms with van der Waals surface area (Å²) in [5, 5.41) is 7.12. The molecule has 3 heterocycles. The number of alkyl halides is 3. The number of thioether (sulfide) groups is 1. The molecule has 0 radical (unpaired) electrons. The number of halogens is 3. The van der Waals surface area contributed by atoms with Gasteiger partial charge in [0.15, 0.2) is 0 Å². The minimum atomic E-state index is -5.08. The van der Waals surface area contributed by atoms with Crippen LogP contribution in [0.5, 0.6) is 0 Å². The summed E-state index contributed by atoms with van der Waals surface area (Å²) >= 11 is 1.88. The van der Waals surface area contributed by atoms with E-state index < -0.39 is 22.2 Å². The number of sulfonamides is 1. The van der Waals surface area contributed by atoms with Gasteiger partial charge in [-0.1, -0.05) is 0 Å². The zero-order valence-corrected chi connectivity index (χ0v) is 17.0. The highest BCUT2D eigenvalue weighted by Gasteiger charge is 2.53. The predicted octanol–water partition coefficient (Wildman–Crippen LogP) is 2.39. The Kier molecular flexibility index (Phi) is 6.47. The van der Waals surface area contributed by atoms with Crippen LogP contribution in [-0.4, -0.2) is 71.3 Å². The van der Waals surface area contributed by atoms with Crippen LogP contribution < -0.4 is 0 Å². The molecule has 1 spiro atoms. The molecule has 12 heteroatoms. The van der Waals surface area contributed by atoms with Gasteiger partial charge in [0.2, 0.25) is 10.0 Å². The van der Waals surface area contributed by atoms with Crippen molar-refractivity contribution in [2.24, 2.45) is 5.92 Å². The number of rotatable bonds is 5. The van der Waals surface area contributed by atoms with E-state index in [1.165, 1.54) is 19.0 Å². The van der Waals surface area contributed by atoms with Crippen molar-refractivity contribution >= 4 is 27.8 Å². The van der Waals surface area contributed by atoms with Crippen LogP contribution in [0.4, 0.5) is 13.2 Å². The van der Waals surface area contributed by atoms with Gasteiger partial charge in [-0.15, -0.1) is 11.8 Å². The highest BCUT2D eigenvalue weighted by atomic mass is 32.2. The van der Waals surface area contributed by atoms with E-state index in [0.717, 1.165) is 24.7 Å². The van der Waals surface area contributed by atoms with Gasteiger partial charge in [0.25, 0.3) is 0 Å². The summed E-state index contributed by atoms with van der Waals surface area (Å²) in [6, 6.07) is 3.27. The molecule has 1 aliphatic carbocycles. The zero-order chi connectivity index (χ0) is 21.3. The summed E-state index contributed by atoms with van der Waals surface area (Å²) in [5.74, 6) is -0.981. The van der Waals surface area contributed by atoms with E-state index in [0.29, 0.717) is 19.2 Å². The van der Waals surface area contributed by atoms with E-state index in [-0.39, 0.29) is 9.64 Å². The number of pyridine rings is 1. The maximum Gasteiger partial charge on any atom is 0.490 e. The molecule has 2 saturated heterocycles. The maximum absolute atomic E-state index is 12.5. The Morgan fingerprint density at radius 2 is 2.03 bits per heavy atom. The first-order chi connectivity index (χ1) is 13.5. The lowest BCUT2D eigenvalue weighted by atomic mass is 9.95. The van der Waals surface area contributed by atoms with Crippen molar-refractivity contribution in [1.29, 1.82) is 0 Å². The van der Waals surface area contributed by atoms with E-state index in [4.69, 9.17) is 14.6 Å². The van der Waals surface area contributed by atoms with E-state index in [9.17, 15) is 21.6 Å². The summed E-state index contributed by atoms with van der Waals surface area (Å²) in [5.41, 5.74) is 0. The molecule has 3 aliphatic rings. The molecule has 0 aromatic carbocycles. The van der Waals surface area contributed by atoms with Crippen molar-refractivity contribution in [2.75, 3.05) is 25.4 Å². The lowest BCUT2D eigenvalue weighted by Crippen LogP contribution is -2.60. The van der Waals surface area contributed by atoms with Crippen molar-refractivity contribution in [3.63, 3.8) is 0 Å². The summed E-state index contributed by atoms with van der Waals surface area (Å²) in [6.07, 6.45) is 1.82. The fraction of sp³-hybridized carbons (Fsp3) is 0.647. The average molecular weight is 454 g/mol. The second-order valence-electron chi connectivity index (χ2n) is 7.36. The summed E-state index contributed by atoms with van der Waals surface area (Å²) in [7, 11) is -3.38. The fourth-order valence-electron chi connectivity index (χ4n) is 3.10. The van der Waals surface area contributed by atoms with Crippen molar-refractivity contribution in [1.82, 2.24) is 9.29 Å². The topological polar surface area (TPSA) is 96.8 Å². The number of carboxylic acid groups (broad SMARTS) is 1. The first-order valence-corrected chi connectivity index (χ1v) is 11.4. The van der Waals surface area contributed by atoms with Gasteiger partial charge >= 0.3 is 12.1 Å². The van der Waals surface area contributed by atoms with Crippen molar-refractivity contribution in [2.45, 2.75) is 41.2 Å². The standard InChI is InChI=1S/C15H20N2O3S2.C2HF3O2/c18-22(19,14-2-1-5-16-7-14)17-10-15(11-17)6-13(9-21-15)20-8-12-3-4-12;3-2(4,5)1(6)7/h1-2,5,7,12-13H,3-4,6,8-11H2;(H,6,7). The molecule has 3 fully saturated rings. The number of carboxylic acids is 1. The van der Waals surface area contributed by atoms with E-state index >= 15 is 0 Å². The number of nitrogens with zero attached hydrogens (tertiary/aromatic N) is 2. The quantitative estimate of drug-likeness (QED) is 0.730. The van der Waals surface area contributed by atoms with E-state index in [1.807, 2.05) is 11.8 Å². The summed E-state index contributed by atoms with van der Waals surface area (Å²) in [4.78, 5) is 13.1. The molecule has 2 aliphatic heterocycles. The minimum Gasteiger partial charge on any atom is -0.475 e. The van der Waals surface area contributed by atoms with Crippen LogP contribution in [0.15, 0.2) is 29.4 Å². The Labute approximate surface area is 170 Å². The van der Waals surface area contributed by atoms with Gasteiger partial charge in [-0.2, -0.15) is 17.5 Å². The maximum atomic E-state index is 12.5. The summed E-state index contributed by atoms with van der Waals surface area (Å²) in [6.45, 7) is 2.08. The molecule has 7 nitrogen and oxygen atoms in total. The van der Waals surface area contributed by atoms with Crippen LogP contribution in [0.2, 0.25) is 0 Å². The normalized spacial score (nSPS) is 23.9. The smallest absolute Gasteiger partial charge is 0.475 e. The Morgan fingerprint density at radius 3 is 2.55 bits per heavy atom. The van der Waals surface area contributed by atoms with Gasteiger partial charge < -0.3 is 9.84 Å². The molecular formula is C17H21F3N2O5S2. The number of hydrogen-bond donors (Lipinski definition) is 1. The largest absolute Gasteiger partial charge is 0.490 e. The van der Waals surface area contributed by atoms with Crippen LogP contribution >= 0.6 is 11.8 Å². The molecule has 0 bridgehead atoms. The third-order valence-electron chi connectivity index (χ3n) is 4.88. The van der Waals surface area contributed by atoms with Crippen LogP contribution in [-0.2, 0) is 19.6 Å². The Hall–Kier alpha value is -1.37. The van der Waals surface area contributed by atoms with Crippen molar-refractivity contribution < 1.29 is 36.2 Å². The van der Waals surface area contributed by atoms with Gasteiger partial charge in [-0.25, -0.2) is 13.2 Å². The van der Waals surface area contributed by atoms with E-state index in [1.54, 1.807) is 22.6 Å². The van der Waals surface area contributed by atoms with Crippen LogP contribution in [0.25, 0.3) is 0 Å². The molecule has 1 saturated carbocycles. The Bertz CT molecular complexity index is 825. The molecule has 29 heavy (non-hydrogen) atoms. The van der Waals surface area contributed by atoms with Gasteiger partial charge in [0.1, 0.15) is 4.90 Å². The van der Waals surface area contributed by atoms with Gasteiger partial charge in [0, 0.05) is 42.6 Å². The number of aliphatic carboxylic acids is 1. The average Bonchev–Trinajstić information content (AvgIpc) is 3.36. The highest BCUT2D eigenvalue weighted by Crippen LogP contribution is 2.47. The van der Waals surface area contributed by atoms with Crippen molar-refractivity contribution in [3.8, 4) is 0 Å². The molecule has 1 unspecified atom stereocenters. The third kappa shape index (κ3) is 5.62. The van der Waals surface area contributed by atoms with Gasteiger partial charge in [0.05, 0.1) is 6.10 Å². The van der Waals surface area contributed by atoms with Gasteiger partial charge in [-0.05, 0) is 37.3 Å². The fourth-order valence-corrected chi connectivity index (χ4v) is 6.39. The lowest BCUT2D eigenvalue weighted by molar-refractivity contribution is -0.192. The SMILES string of the molecule is O=C(O)C(F)(F)F.O=S(=O)(c1cccnc1)N1CC2(CC(OCC3CC3)CS2)C1. The van der Waals surface area contributed by atoms with Crippen LogP contribution in [0.3, 0.4) is 0 Å². The molecule has 1 aromatic heterocycles. The molecule has 162 valence electrons. The number of hydrogen-bond acceptors (Lipinski definition) is 6. The Balaban J connectivity index is 0.000000298. The van der Waals surface area contributed by atoms with Gasteiger partial charge in [-0.3, -0.25) is 4.98 Å². The highest BCUT2D eigenvalue weighted by molar-refractivity contribution is 8.01. The molecule has 1 aromatic rings. The molecule has 1 N–H and O–H groups in total.